The van der Waals surface area contributed by atoms with Crippen LogP contribution in [0.15, 0.2) is 85.5 Å². The molecular weight excluding hydrogens is 492 g/mol. The number of ether oxygens (including phenoxy) is 2. The molecular formula is C31H28N4O4. The highest BCUT2D eigenvalue weighted by atomic mass is 16.5. The first-order valence-corrected chi connectivity index (χ1v) is 12.0. The van der Waals surface area contributed by atoms with Crippen molar-refractivity contribution in [2.75, 3.05) is 13.2 Å². The molecule has 2 aromatic carbocycles. The minimum Gasteiger partial charge on any atom is -0.464 e. The maximum atomic E-state index is 12.2. The van der Waals surface area contributed by atoms with Crippen molar-refractivity contribution in [3.63, 3.8) is 0 Å². The fourth-order valence-electron chi connectivity index (χ4n) is 3.24. The topological polar surface area (TPSA) is 107 Å². The number of hydrogen-bond acceptors (Lipinski definition) is 8. The van der Waals surface area contributed by atoms with Gasteiger partial charge in [0.25, 0.3) is 0 Å². The van der Waals surface area contributed by atoms with Crippen molar-refractivity contribution in [3.8, 4) is 35.4 Å². The number of carbonyl (C=O) groups is 1. The summed E-state index contributed by atoms with van der Waals surface area (Å²) < 4.78 is 10.7. The number of benzene rings is 2. The maximum absolute atomic E-state index is 12.2. The second kappa shape index (κ2) is 14.6. The van der Waals surface area contributed by atoms with Crippen molar-refractivity contribution in [1.29, 1.82) is 0 Å². The lowest BCUT2D eigenvalue weighted by molar-refractivity contribution is 0.0967. The summed E-state index contributed by atoms with van der Waals surface area (Å²) in [6, 6.07) is 21.5. The van der Waals surface area contributed by atoms with Crippen LogP contribution in [0.1, 0.15) is 48.1 Å². The Bertz CT molecular complexity index is 1490. The lowest BCUT2D eigenvalue weighted by atomic mass is 9.92. The van der Waals surface area contributed by atoms with Crippen LogP contribution in [-0.4, -0.2) is 44.0 Å². The van der Waals surface area contributed by atoms with E-state index in [2.05, 4.69) is 43.6 Å². The highest BCUT2D eigenvalue weighted by Crippen LogP contribution is 2.28. The van der Waals surface area contributed by atoms with Gasteiger partial charge in [-0.1, -0.05) is 72.5 Å². The molecule has 2 aromatic heterocycles. The zero-order chi connectivity index (χ0) is 27.9. The van der Waals surface area contributed by atoms with Crippen LogP contribution in [0.5, 0.6) is 11.8 Å². The van der Waals surface area contributed by atoms with E-state index < -0.39 is 5.60 Å². The molecule has 1 atom stereocenters. The number of ketones is 1. The van der Waals surface area contributed by atoms with E-state index in [1.165, 1.54) is 18.7 Å². The van der Waals surface area contributed by atoms with E-state index in [-0.39, 0.29) is 19.0 Å². The van der Waals surface area contributed by atoms with Gasteiger partial charge in [-0.05, 0) is 26.3 Å². The third kappa shape index (κ3) is 8.50. The molecule has 8 heteroatoms. The van der Waals surface area contributed by atoms with Gasteiger partial charge in [-0.3, -0.25) is 4.79 Å². The average molecular weight is 521 g/mol. The van der Waals surface area contributed by atoms with E-state index in [1.807, 2.05) is 48.5 Å². The second-order valence-corrected chi connectivity index (χ2v) is 8.05. The third-order valence-corrected chi connectivity index (χ3v) is 5.33. The normalized spacial score (nSPS) is 11.2. The zero-order valence-corrected chi connectivity index (χ0v) is 22.0. The van der Waals surface area contributed by atoms with E-state index in [4.69, 9.17) is 9.47 Å². The predicted octanol–water partition coefficient (Wildman–Crippen LogP) is 4.24. The van der Waals surface area contributed by atoms with Gasteiger partial charge in [-0.2, -0.15) is 0 Å². The van der Waals surface area contributed by atoms with Gasteiger partial charge in [0.1, 0.15) is 23.9 Å². The van der Waals surface area contributed by atoms with Gasteiger partial charge in [0, 0.05) is 17.7 Å². The summed E-state index contributed by atoms with van der Waals surface area (Å²) in [6.45, 7) is 5.68. The summed E-state index contributed by atoms with van der Waals surface area (Å²) >= 11 is 0. The molecule has 0 radical (unpaired) electrons. The van der Waals surface area contributed by atoms with Crippen LogP contribution in [0.25, 0.3) is 0 Å². The zero-order valence-electron chi connectivity index (χ0n) is 22.0. The highest BCUT2D eigenvalue weighted by molar-refractivity contribution is 6.07. The fraction of sp³-hybridized carbons (Fsp3) is 0.194. The molecule has 0 fully saturated rings. The number of aliphatic hydroxyl groups is 1. The number of aromatic nitrogens is 4. The molecule has 0 aliphatic heterocycles. The number of carbonyl (C=O) groups excluding carboxylic acids is 1. The number of hydrogen-bond donors (Lipinski definition) is 1. The van der Waals surface area contributed by atoms with Gasteiger partial charge in [0.15, 0.2) is 13.2 Å². The van der Waals surface area contributed by atoms with Gasteiger partial charge in [0.05, 0.1) is 5.69 Å². The van der Waals surface area contributed by atoms with Gasteiger partial charge < -0.3 is 14.6 Å². The summed E-state index contributed by atoms with van der Waals surface area (Å²) in [7, 11) is 0. The highest BCUT2D eigenvalue weighted by Gasteiger charge is 2.27. The van der Waals surface area contributed by atoms with E-state index in [0.717, 1.165) is 5.56 Å². The van der Waals surface area contributed by atoms with Crippen LogP contribution < -0.4 is 9.47 Å². The number of nitrogens with zero attached hydrogens (tertiary/aromatic N) is 4. The monoisotopic (exact) mass is 520 g/mol. The molecule has 39 heavy (non-hydrogen) atoms. The summed E-state index contributed by atoms with van der Waals surface area (Å²) in [4.78, 5) is 28.2. The van der Waals surface area contributed by atoms with Gasteiger partial charge >= 0.3 is 0 Å². The van der Waals surface area contributed by atoms with Crippen molar-refractivity contribution < 1.29 is 19.4 Å². The largest absolute Gasteiger partial charge is 0.464 e. The lowest BCUT2D eigenvalue weighted by Crippen LogP contribution is -2.24. The molecule has 196 valence electrons. The molecule has 8 nitrogen and oxygen atoms in total. The lowest BCUT2D eigenvalue weighted by Gasteiger charge is -2.23. The molecule has 4 rings (SSSR count). The van der Waals surface area contributed by atoms with Gasteiger partial charge in [-0.15, -0.1) is 11.8 Å². The van der Waals surface area contributed by atoms with Crippen molar-refractivity contribution in [1.82, 2.24) is 19.9 Å². The first kappa shape index (κ1) is 28.5. The molecule has 4 aromatic rings. The van der Waals surface area contributed by atoms with E-state index in [1.54, 1.807) is 39.0 Å². The van der Waals surface area contributed by atoms with Crippen LogP contribution in [0.4, 0.5) is 0 Å². The van der Waals surface area contributed by atoms with Crippen molar-refractivity contribution >= 4 is 5.78 Å². The van der Waals surface area contributed by atoms with Crippen LogP contribution in [0.2, 0.25) is 0 Å². The number of rotatable bonds is 8. The Balaban J connectivity index is 0.000000216. The summed E-state index contributed by atoms with van der Waals surface area (Å²) in [5, 5.41) is 10.7. The molecule has 1 unspecified atom stereocenters. The average Bonchev–Trinajstić information content (AvgIpc) is 2.99. The Morgan fingerprint density at radius 3 is 1.92 bits per heavy atom. The first-order valence-electron chi connectivity index (χ1n) is 12.0. The molecule has 0 saturated carbocycles. The molecule has 0 aliphatic carbocycles. The second-order valence-electron chi connectivity index (χ2n) is 8.05. The molecule has 0 aliphatic rings. The Labute approximate surface area is 228 Å². The van der Waals surface area contributed by atoms with Crippen molar-refractivity contribution in [3.05, 3.63) is 108 Å². The molecule has 2 heterocycles. The summed E-state index contributed by atoms with van der Waals surface area (Å²) in [5.41, 5.74) is 0.941. The molecule has 0 bridgehead atoms. The van der Waals surface area contributed by atoms with Crippen LogP contribution in [0, 0.1) is 23.7 Å². The molecule has 0 amide bonds. The molecule has 1 N–H and O–H groups in total. The Morgan fingerprint density at radius 1 is 0.795 bits per heavy atom. The Kier molecular flexibility index (Phi) is 10.7. The maximum Gasteiger partial charge on any atom is 0.218 e. The van der Waals surface area contributed by atoms with Crippen molar-refractivity contribution in [2.45, 2.75) is 26.4 Å². The van der Waals surface area contributed by atoms with Gasteiger partial charge in [-0.25, -0.2) is 19.9 Å². The van der Waals surface area contributed by atoms with Crippen LogP contribution in [0.3, 0.4) is 0 Å². The first-order chi connectivity index (χ1) is 19.0. The van der Waals surface area contributed by atoms with Crippen LogP contribution in [-0.2, 0) is 5.60 Å². The van der Waals surface area contributed by atoms with E-state index in [0.29, 0.717) is 28.7 Å². The smallest absolute Gasteiger partial charge is 0.218 e. The fourth-order valence-corrected chi connectivity index (χ4v) is 3.24. The third-order valence-electron chi connectivity index (χ3n) is 5.33. The standard InChI is InChI=1S/C16H16N2O2.C15H12N2O2/c1-3-4-10-20-15-11-14(17-12-18-15)16(2,19)13-8-6-5-7-9-13;1-2-3-9-19-14-10-13(16-11-17-14)15(18)12-7-5-4-6-8-12/h5-9,11-12,19H,10H2,1-2H3;4-8,10-11H,9H2,1H3. The summed E-state index contributed by atoms with van der Waals surface area (Å²) in [6.07, 6.45) is 2.69. The van der Waals surface area contributed by atoms with Gasteiger partial charge in [0.2, 0.25) is 17.5 Å². The minimum absolute atomic E-state index is 0.158. The quantitative estimate of drug-likeness (QED) is 0.272. The predicted molar refractivity (Wildman–Crippen MR) is 147 cm³/mol. The Hall–Kier alpha value is -5.05. The minimum atomic E-state index is -1.20. The molecule has 0 saturated heterocycles. The van der Waals surface area contributed by atoms with Crippen LogP contribution >= 0.6 is 0 Å². The molecule has 0 spiro atoms. The van der Waals surface area contributed by atoms with E-state index >= 15 is 0 Å². The van der Waals surface area contributed by atoms with E-state index in [9.17, 15) is 9.90 Å². The van der Waals surface area contributed by atoms with Crippen molar-refractivity contribution in [2.24, 2.45) is 0 Å². The Morgan fingerprint density at radius 2 is 1.33 bits per heavy atom. The summed E-state index contributed by atoms with van der Waals surface area (Å²) in [5.74, 6) is 11.6. The SMILES string of the molecule is CC#CCOc1cc(C(=O)c2ccccc2)ncn1.CC#CCOc1cc(C(C)(O)c2ccccc2)ncn1.